The largest absolute Gasteiger partial charge is 0.0788 e. The smallest absolute Gasteiger partial charge is 0.0481 e. The zero-order valence-electron chi connectivity index (χ0n) is 2.41. The SMILES string of the molecule is C.C=C=C=C. The molecule has 0 unspecified atom stereocenters. The van der Waals surface area contributed by atoms with E-state index in [-0.39, 0.29) is 7.43 Å². The topological polar surface area (TPSA) is 0 Å². The lowest BCUT2D eigenvalue weighted by molar-refractivity contribution is 2.37. The number of hydrogen-bond donors (Lipinski definition) is 0. The van der Waals surface area contributed by atoms with Gasteiger partial charge < -0.3 is 0 Å². The van der Waals surface area contributed by atoms with Gasteiger partial charge in [-0.25, -0.2) is 0 Å². The van der Waals surface area contributed by atoms with Crippen molar-refractivity contribution in [2.75, 3.05) is 0 Å². The molecule has 0 N–H and O–H groups in total. The van der Waals surface area contributed by atoms with Crippen molar-refractivity contribution in [2.24, 2.45) is 0 Å². The summed E-state index contributed by atoms with van der Waals surface area (Å²) in [6.07, 6.45) is 0. The number of hydrogen-bond acceptors (Lipinski definition) is 0. The lowest BCUT2D eigenvalue weighted by Crippen LogP contribution is -0.988. The predicted molar refractivity (Wildman–Crippen MR) is 25.0 cm³/mol. The van der Waals surface area contributed by atoms with Crippen LogP contribution >= 0.6 is 0 Å². The second-order valence-electron chi connectivity index (χ2n) is 0.354. The van der Waals surface area contributed by atoms with E-state index >= 15 is 0 Å². The standard InChI is InChI=1S/C4H4.CH4/c1-3-4-2;/h1-2H2;1H4. The first kappa shape index (κ1) is 8.85. The van der Waals surface area contributed by atoms with Gasteiger partial charge in [-0.15, -0.1) is 0 Å². The zero-order valence-corrected chi connectivity index (χ0v) is 2.41. The van der Waals surface area contributed by atoms with Crippen LogP contribution in [0.25, 0.3) is 0 Å². The first-order chi connectivity index (χ1) is 1.91. The van der Waals surface area contributed by atoms with E-state index in [9.17, 15) is 0 Å². The molecule has 28 valence electrons. The Morgan fingerprint density at radius 2 is 1.20 bits per heavy atom. The van der Waals surface area contributed by atoms with Crippen LogP contribution in [0.15, 0.2) is 24.6 Å². The van der Waals surface area contributed by atoms with Crippen molar-refractivity contribution in [3.63, 3.8) is 0 Å². The van der Waals surface area contributed by atoms with Crippen LogP contribution in [0.1, 0.15) is 7.43 Å². The van der Waals surface area contributed by atoms with Crippen LogP contribution in [0, 0.1) is 0 Å². The van der Waals surface area contributed by atoms with Gasteiger partial charge in [-0.05, 0) is 13.2 Å². The summed E-state index contributed by atoms with van der Waals surface area (Å²) >= 11 is 0. The molecule has 0 aliphatic rings. The molecule has 0 saturated carbocycles. The Morgan fingerprint density at radius 3 is 1.20 bits per heavy atom. The summed E-state index contributed by atoms with van der Waals surface area (Å²) in [5.41, 5.74) is 4.64. The molecule has 0 aromatic carbocycles. The van der Waals surface area contributed by atoms with Crippen LogP contribution in [-0.2, 0) is 0 Å². The Hall–Kier alpha value is -0.700. The second kappa shape index (κ2) is 10.3. The van der Waals surface area contributed by atoms with Gasteiger partial charge in [-0.1, -0.05) is 18.9 Å². The van der Waals surface area contributed by atoms with Crippen molar-refractivity contribution in [2.45, 2.75) is 7.43 Å². The fourth-order valence-corrected chi connectivity index (χ4v) is 0. The summed E-state index contributed by atoms with van der Waals surface area (Å²) in [6, 6.07) is 0. The van der Waals surface area contributed by atoms with E-state index in [2.05, 4.69) is 24.6 Å². The molecule has 0 aromatic heterocycles. The molecule has 0 aliphatic heterocycles. The average molecular weight is 68.1 g/mol. The fraction of sp³-hybridized carbons (Fsp3) is 0.200. The Bertz CT molecular complexity index is 50.1. The maximum atomic E-state index is 3.18. The van der Waals surface area contributed by atoms with Crippen molar-refractivity contribution in [3.8, 4) is 0 Å². The Kier molecular flexibility index (Phi) is 18.3. The van der Waals surface area contributed by atoms with Crippen LogP contribution in [0.5, 0.6) is 0 Å². The molecule has 0 saturated heterocycles. The van der Waals surface area contributed by atoms with Crippen molar-refractivity contribution < 1.29 is 0 Å². The van der Waals surface area contributed by atoms with E-state index in [1.165, 1.54) is 0 Å². The van der Waals surface area contributed by atoms with E-state index in [4.69, 9.17) is 0 Å². The van der Waals surface area contributed by atoms with Gasteiger partial charge in [0.1, 0.15) is 0 Å². The van der Waals surface area contributed by atoms with Crippen molar-refractivity contribution in [1.29, 1.82) is 0 Å². The van der Waals surface area contributed by atoms with Crippen molar-refractivity contribution in [3.05, 3.63) is 24.6 Å². The highest BCUT2D eigenvalue weighted by molar-refractivity contribution is 4.66. The average Bonchev–Trinajstić information content (AvgIpc) is 1.37. The first-order valence-electron chi connectivity index (χ1n) is 0.957. The summed E-state index contributed by atoms with van der Waals surface area (Å²) in [6.45, 7) is 6.36. The second-order valence-corrected chi connectivity index (χ2v) is 0.354. The maximum absolute atomic E-state index is 3.18. The quantitative estimate of drug-likeness (QED) is 0.379. The molecular formula is C5H8. The summed E-state index contributed by atoms with van der Waals surface area (Å²) in [7, 11) is 0. The third-order valence-electron chi connectivity index (χ3n) is 0.125. The molecule has 0 fully saturated rings. The summed E-state index contributed by atoms with van der Waals surface area (Å²) in [4.78, 5) is 0. The van der Waals surface area contributed by atoms with Gasteiger partial charge in [0, 0.05) is 0 Å². The maximum Gasteiger partial charge on any atom is -0.0481 e. The van der Waals surface area contributed by atoms with Gasteiger partial charge in [0.2, 0.25) is 0 Å². The highest BCUT2D eigenvalue weighted by Crippen LogP contribution is 1.30. The molecule has 0 radical (unpaired) electrons. The Morgan fingerprint density at radius 1 is 1.00 bits per heavy atom. The van der Waals surface area contributed by atoms with E-state index in [1.807, 2.05) is 0 Å². The Labute approximate surface area is 33.1 Å². The lowest BCUT2D eigenvalue weighted by Gasteiger charge is -1.21. The molecule has 0 heteroatoms. The third kappa shape index (κ3) is 62.0. The normalized spacial score (nSPS) is 2.40. The molecule has 0 nitrogen and oxygen atoms in total. The molecule has 0 heterocycles. The highest BCUT2D eigenvalue weighted by Gasteiger charge is 1.08. The molecule has 0 bridgehead atoms. The van der Waals surface area contributed by atoms with Gasteiger partial charge in [-0.3, -0.25) is 0 Å². The molecular weight excluding hydrogens is 60.1 g/mol. The van der Waals surface area contributed by atoms with E-state index < -0.39 is 0 Å². The monoisotopic (exact) mass is 68.1 g/mol. The molecule has 0 spiro atoms. The van der Waals surface area contributed by atoms with E-state index in [0.717, 1.165) is 0 Å². The molecule has 5 heavy (non-hydrogen) atoms. The van der Waals surface area contributed by atoms with Gasteiger partial charge in [0.05, 0.1) is 0 Å². The molecule has 0 rings (SSSR count). The van der Waals surface area contributed by atoms with E-state index in [0.29, 0.717) is 0 Å². The van der Waals surface area contributed by atoms with Crippen LogP contribution < -0.4 is 0 Å². The van der Waals surface area contributed by atoms with Gasteiger partial charge in [-0.2, -0.15) is 0 Å². The van der Waals surface area contributed by atoms with E-state index in [1.54, 1.807) is 0 Å². The van der Waals surface area contributed by atoms with Gasteiger partial charge >= 0.3 is 0 Å². The summed E-state index contributed by atoms with van der Waals surface area (Å²) < 4.78 is 0. The number of rotatable bonds is 0. The van der Waals surface area contributed by atoms with Crippen molar-refractivity contribution >= 4 is 0 Å². The molecule has 0 atom stereocenters. The van der Waals surface area contributed by atoms with Crippen LogP contribution in [0.3, 0.4) is 0 Å². The summed E-state index contributed by atoms with van der Waals surface area (Å²) in [5.74, 6) is 0. The minimum Gasteiger partial charge on any atom is -0.0788 e. The molecule has 0 aliphatic carbocycles. The van der Waals surface area contributed by atoms with Crippen LogP contribution in [-0.4, -0.2) is 0 Å². The summed E-state index contributed by atoms with van der Waals surface area (Å²) in [5, 5.41) is 0. The van der Waals surface area contributed by atoms with Crippen molar-refractivity contribution in [1.82, 2.24) is 0 Å². The molecule has 0 aromatic rings. The Balaban J connectivity index is 0. The van der Waals surface area contributed by atoms with Gasteiger partial charge in [0.15, 0.2) is 0 Å². The van der Waals surface area contributed by atoms with Gasteiger partial charge in [0.25, 0.3) is 0 Å². The minimum absolute atomic E-state index is 0. The minimum atomic E-state index is 0. The fourth-order valence-electron chi connectivity index (χ4n) is 0. The highest BCUT2D eigenvalue weighted by atomic mass is 13.2. The van der Waals surface area contributed by atoms with Crippen LogP contribution in [0.4, 0.5) is 0 Å². The first-order valence-corrected chi connectivity index (χ1v) is 0.957. The predicted octanol–water partition coefficient (Wildman–Crippen LogP) is 1.75. The third-order valence-corrected chi connectivity index (χ3v) is 0.125. The molecule has 0 amide bonds. The zero-order chi connectivity index (χ0) is 3.41. The van der Waals surface area contributed by atoms with Crippen LogP contribution in [0.2, 0.25) is 0 Å². The lowest BCUT2D eigenvalue weighted by atomic mass is 10.9.